The molecule has 2 fully saturated rings. The number of aliphatic hydroxyl groups is 3. The molecule has 0 radical (unpaired) electrons. The predicted molar refractivity (Wildman–Crippen MR) is 188 cm³/mol. The van der Waals surface area contributed by atoms with E-state index in [0.717, 1.165) is 56.9 Å². The maximum absolute atomic E-state index is 11.9. The van der Waals surface area contributed by atoms with Crippen molar-refractivity contribution >= 4 is 18.4 Å². The van der Waals surface area contributed by atoms with Gasteiger partial charge >= 0.3 is 235 Å². The van der Waals surface area contributed by atoms with E-state index in [4.69, 9.17) is 9.47 Å². The van der Waals surface area contributed by atoms with Crippen LogP contribution in [-0.2, 0) is 9.47 Å². The van der Waals surface area contributed by atoms with E-state index in [-0.39, 0.29) is 18.6 Å². The fourth-order valence-corrected chi connectivity index (χ4v) is 21.4. The van der Waals surface area contributed by atoms with Gasteiger partial charge in [-0.05, 0) is 0 Å². The van der Waals surface area contributed by atoms with Gasteiger partial charge in [0.1, 0.15) is 0 Å². The SMILES string of the molecule is CCCC[C@]1([C@@H](O)/C=[CH]/[Sn]([CH2]CCC)([CH2]CCC)[CH2]CCC)CC[C@]2(CC[C@H](C)[C@@H](C/C=C(C)/C=C/[C@H](O)[C@@H](C)CO)O2)O1. The van der Waals surface area contributed by atoms with Gasteiger partial charge in [0.05, 0.1) is 6.10 Å². The summed E-state index contributed by atoms with van der Waals surface area (Å²) in [5, 5.41) is 31.4. The molecule has 0 aliphatic carbocycles. The Morgan fingerprint density at radius 3 is 2.09 bits per heavy atom. The monoisotopic (exact) mass is 726 g/mol. The number of rotatable bonds is 21. The molecule has 2 rings (SSSR count). The predicted octanol–water partition coefficient (Wildman–Crippen LogP) is 9.42. The maximum atomic E-state index is 11.9. The third kappa shape index (κ3) is 12.1. The second kappa shape index (κ2) is 20.2. The molecule has 0 unspecified atom stereocenters. The van der Waals surface area contributed by atoms with E-state index in [0.29, 0.717) is 5.92 Å². The quantitative estimate of drug-likeness (QED) is 0.0812. The second-order valence-corrected chi connectivity index (χ2v) is 27.5. The summed E-state index contributed by atoms with van der Waals surface area (Å²) >= 11 is -2.53. The number of allylic oxidation sites excluding steroid dienone is 2. The molecule has 1 spiro atoms. The first-order chi connectivity index (χ1) is 21.0. The Morgan fingerprint density at radius 1 is 0.909 bits per heavy atom. The Kier molecular flexibility index (Phi) is 18.4. The molecule has 0 amide bonds. The molecule has 6 heteroatoms. The van der Waals surface area contributed by atoms with Gasteiger partial charge in [-0.25, -0.2) is 0 Å². The Hall–Kier alpha value is -0.181. The zero-order valence-corrected chi connectivity index (χ0v) is 32.5. The van der Waals surface area contributed by atoms with E-state index in [1.807, 2.05) is 19.9 Å². The van der Waals surface area contributed by atoms with Crippen molar-refractivity contribution < 1.29 is 24.8 Å². The molecule has 256 valence electrons. The molecule has 2 saturated heterocycles. The summed E-state index contributed by atoms with van der Waals surface area (Å²) in [6.45, 7) is 15.3. The average Bonchev–Trinajstić information content (AvgIpc) is 3.40. The topological polar surface area (TPSA) is 79.2 Å². The van der Waals surface area contributed by atoms with Crippen LogP contribution in [0.1, 0.15) is 138 Å². The van der Waals surface area contributed by atoms with Crippen LogP contribution in [0.2, 0.25) is 13.3 Å². The minimum atomic E-state index is -2.53. The molecular weight excluding hydrogens is 655 g/mol. The van der Waals surface area contributed by atoms with Crippen LogP contribution < -0.4 is 0 Å². The molecule has 0 aromatic carbocycles. The number of aliphatic hydroxyl groups excluding tert-OH is 3. The molecule has 0 aromatic heterocycles. The van der Waals surface area contributed by atoms with E-state index >= 15 is 0 Å². The third-order valence-electron chi connectivity index (χ3n) is 10.6. The van der Waals surface area contributed by atoms with Crippen molar-refractivity contribution in [1.82, 2.24) is 0 Å². The second-order valence-electron chi connectivity index (χ2n) is 14.5. The van der Waals surface area contributed by atoms with Gasteiger partial charge in [-0.2, -0.15) is 0 Å². The van der Waals surface area contributed by atoms with Crippen LogP contribution in [0.25, 0.3) is 0 Å². The summed E-state index contributed by atoms with van der Waals surface area (Å²) in [5.41, 5.74) is 0.516. The third-order valence-corrected chi connectivity index (χ3v) is 24.7. The van der Waals surface area contributed by atoms with Gasteiger partial charge in [-0.1, -0.05) is 13.0 Å². The Morgan fingerprint density at radius 2 is 1.52 bits per heavy atom. The van der Waals surface area contributed by atoms with Crippen LogP contribution in [0.4, 0.5) is 0 Å². The summed E-state index contributed by atoms with van der Waals surface area (Å²) in [6, 6.07) is 0. The van der Waals surface area contributed by atoms with E-state index in [1.54, 1.807) is 6.08 Å². The number of hydrogen-bond acceptors (Lipinski definition) is 5. The molecule has 0 saturated carbocycles. The molecule has 0 aromatic rings. The van der Waals surface area contributed by atoms with Gasteiger partial charge in [0.2, 0.25) is 0 Å². The van der Waals surface area contributed by atoms with E-state index < -0.39 is 42.0 Å². The van der Waals surface area contributed by atoms with E-state index in [1.165, 1.54) is 51.8 Å². The van der Waals surface area contributed by atoms with Gasteiger partial charge in [0.25, 0.3) is 0 Å². The van der Waals surface area contributed by atoms with Crippen LogP contribution in [-0.4, -0.2) is 70.0 Å². The molecule has 0 bridgehead atoms. The average molecular weight is 726 g/mol. The summed E-state index contributed by atoms with van der Waals surface area (Å²) < 4.78 is 20.8. The summed E-state index contributed by atoms with van der Waals surface area (Å²) in [6.07, 6.45) is 22.1. The zero-order valence-electron chi connectivity index (χ0n) is 29.7. The molecule has 44 heavy (non-hydrogen) atoms. The molecular formula is C38H70O5Sn. The van der Waals surface area contributed by atoms with Crippen molar-refractivity contribution in [2.24, 2.45) is 11.8 Å². The minimum absolute atomic E-state index is 0.0333. The molecule has 2 aliphatic rings. The van der Waals surface area contributed by atoms with Gasteiger partial charge in [0.15, 0.2) is 0 Å². The van der Waals surface area contributed by atoms with Crippen molar-refractivity contribution in [3.05, 3.63) is 34.0 Å². The molecule has 2 aliphatic heterocycles. The van der Waals surface area contributed by atoms with Gasteiger partial charge < -0.3 is 10.2 Å². The van der Waals surface area contributed by atoms with Crippen LogP contribution >= 0.6 is 0 Å². The van der Waals surface area contributed by atoms with Crippen molar-refractivity contribution in [2.45, 2.75) is 181 Å². The van der Waals surface area contributed by atoms with Crippen molar-refractivity contribution in [2.75, 3.05) is 6.61 Å². The van der Waals surface area contributed by atoms with Gasteiger partial charge in [-0.3, -0.25) is 0 Å². The summed E-state index contributed by atoms with van der Waals surface area (Å²) in [7, 11) is 0. The van der Waals surface area contributed by atoms with Crippen LogP contribution in [0, 0.1) is 11.8 Å². The van der Waals surface area contributed by atoms with Gasteiger partial charge in [-0.15, -0.1) is 0 Å². The summed E-state index contributed by atoms with van der Waals surface area (Å²) in [5.74, 6) is -0.364. The number of ether oxygens (including phenoxy) is 2. The van der Waals surface area contributed by atoms with E-state index in [2.05, 4.69) is 50.9 Å². The molecule has 3 N–H and O–H groups in total. The number of unbranched alkanes of at least 4 members (excludes halogenated alkanes) is 4. The number of hydrogen-bond donors (Lipinski definition) is 3. The fraction of sp³-hybridized carbons (Fsp3) is 0.842. The van der Waals surface area contributed by atoms with Gasteiger partial charge in [0, 0.05) is 12.5 Å². The fourth-order valence-electron chi connectivity index (χ4n) is 7.11. The Labute approximate surface area is 275 Å². The molecule has 7 atom stereocenters. The molecule has 2 heterocycles. The van der Waals surface area contributed by atoms with Crippen molar-refractivity contribution in [3.63, 3.8) is 0 Å². The first kappa shape index (κ1) is 40.0. The first-order valence-electron chi connectivity index (χ1n) is 18.4. The van der Waals surface area contributed by atoms with E-state index in [9.17, 15) is 15.3 Å². The Balaban J connectivity index is 2.23. The normalized spacial score (nSPS) is 28.8. The first-order valence-corrected chi connectivity index (χ1v) is 26.1. The Bertz CT molecular complexity index is 865. The van der Waals surface area contributed by atoms with Crippen molar-refractivity contribution in [3.8, 4) is 0 Å². The van der Waals surface area contributed by atoms with Crippen LogP contribution in [0.5, 0.6) is 0 Å². The standard InChI is InChI=1S/C26H43O5.3C4H9.Sn/c1-6-8-14-25(24(29)7-2)16-17-26(31-25)15-13-20(4)23(30-26)12-10-19(3)9-11-22(28)21(5)18-27;3*1-3-4-2;/h2,7,9-11,20-24,27-29H,6,8,12-18H2,1,3-5H3;3*1,3-4H2,2H3;/b7-2?,11-9+,19-10+;;;;/t20-,21-,22-,23+,24-,25+,26-;;;;/m0..../s1. The zero-order chi connectivity index (χ0) is 32.6. The molecule has 5 nitrogen and oxygen atoms in total. The van der Waals surface area contributed by atoms with Crippen LogP contribution in [0.3, 0.4) is 0 Å². The van der Waals surface area contributed by atoms with Crippen LogP contribution in [0.15, 0.2) is 34.0 Å². The van der Waals surface area contributed by atoms with Crippen molar-refractivity contribution in [1.29, 1.82) is 0 Å². The summed E-state index contributed by atoms with van der Waals surface area (Å²) in [4.78, 5) is 0.